The van der Waals surface area contributed by atoms with E-state index in [-0.39, 0.29) is 0 Å². The largest absolute Gasteiger partial charge is 0.289 e. The molecule has 1 heterocycles. The van der Waals surface area contributed by atoms with Crippen molar-refractivity contribution in [2.75, 3.05) is 0 Å². The highest BCUT2D eigenvalue weighted by atomic mass is 14.9. The fourth-order valence-corrected chi connectivity index (χ4v) is 2.46. The lowest BCUT2D eigenvalue weighted by Crippen LogP contribution is -2.03. The molecule has 2 atom stereocenters. The van der Waals surface area contributed by atoms with Crippen LogP contribution in [0.1, 0.15) is 34.6 Å². The smallest absolute Gasteiger partial charge is 0.0576 e. The molecule has 0 N–H and O–H groups in total. The van der Waals surface area contributed by atoms with Gasteiger partial charge in [-0.2, -0.15) is 0 Å². The first-order chi connectivity index (χ1) is 6.25. The summed E-state index contributed by atoms with van der Waals surface area (Å²) in [5.41, 5.74) is 5.72. The summed E-state index contributed by atoms with van der Waals surface area (Å²) in [6.07, 6.45) is 3.33. The fourth-order valence-electron chi connectivity index (χ4n) is 2.46. The highest BCUT2D eigenvalue weighted by molar-refractivity contribution is 5.85. The first-order valence-corrected chi connectivity index (χ1v) is 4.90. The summed E-state index contributed by atoms with van der Waals surface area (Å²) < 4.78 is 0. The van der Waals surface area contributed by atoms with Crippen LogP contribution in [0.15, 0.2) is 17.1 Å². The summed E-state index contributed by atoms with van der Waals surface area (Å²) in [5.74, 6) is 0.751. The minimum atomic E-state index is 0.619. The number of rotatable bonds is 0. The van der Waals surface area contributed by atoms with Crippen LogP contribution in [0.4, 0.5) is 0 Å². The molecule has 0 saturated heterocycles. The van der Waals surface area contributed by atoms with Gasteiger partial charge in [0.1, 0.15) is 0 Å². The Labute approximate surface area is 78.5 Å². The van der Waals surface area contributed by atoms with Crippen LogP contribution in [-0.2, 0) is 0 Å². The molecule has 0 radical (unpaired) electrons. The van der Waals surface area contributed by atoms with Crippen molar-refractivity contribution in [3.63, 3.8) is 0 Å². The zero-order valence-electron chi connectivity index (χ0n) is 8.04. The summed E-state index contributed by atoms with van der Waals surface area (Å²) in [7, 11) is 0. The summed E-state index contributed by atoms with van der Waals surface area (Å²) in [5, 5.41) is 0. The molecule has 2 aliphatic rings. The normalized spacial score (nSPS) is 28.2. The average molecular weight is 171 g/mol. The summed E-state index contributed by atoms with van der Waals surface area (Å²) in [6, 6.07) is 5.15. The molecule has 0 spiro atoms. The van der Waals surface area contributed by atoms with Crippen molar-refractivity contribution in [3.05, 3.63) is 34.4 Å². The third-order valence-corrected chi connectivity index (χ3v) is 3.10. The van der Waals surface area contributed by atoms with E-state index < -0.39 is 0 Å². The number of aryl methyl sites for hydroxylation is 2. The van der Waals surface area contributed by atoms with Gasteiger partial charge in [0, 0.05) is 12.1 Å². The Hall–Kier alpha value is -1.11. The fraction of sp³-hybridized carbons (Fsp3) is 0.417. The van der Waals surface area contributed by atoms with Gasteiger partial charge in [-0.3, -0.25) is 4.99 Å². The van der Waals surface area contributed by atoms with Gasteiger partial charge in [0.15, 0.2) is 0 Å². The third kappa shape index (κ3) is 0.963. The topological polar surface area (TPSA) is 12.4 Å². The Morgan fingerprint density at radius 2 is 2.15 bits per heavy atom. The van der Waals surface area contributed by atoms with Crippen LogP contribution in [0, 0.1) is 13.8 Å². The molecule has 0 bridgehead atoms. The monoisotopic (exact) mass is 171 g/mol. The van der Waals surface area contributed by atoms with E-state index >= 15 is 0 Å². The number of nitrogens with zero attached hydrogens (tertiary/aromatic N) is 1. The quantitative estimate of drug-likeness (QED) is 0.569. The van der Waals surface area contributed by atoms with Gasteiger partial charge in [0.05, 0.1) is 6.04 Å². The molecular formula is C12H13N. The molecule has 1 aromatic rings. The Balaban J connectivity index is 2.26. The van der Waals surface area contributed by atoms with Gasteiger partial charge in [-0.25, -0.2) is 0 Å². The second kappa shape index (κ2) is 2.22. The van der Waals surface area contributed by atoms with Crippen LogP contribution in [0.25, 0.3) is 0 Å². The van der Waals surface area contributed by atoms with E-state index in [1.54, 1.807) is 5.56 Å². The van der Waals surface area contributed by atoms with E-state index in [4.69, 9.17) is 0 Å². The minimum absolute atomic E-state index is 0.619. The molecular weight excluding hydrogens is 158 g/mol. The maximum absolute atomic E-state index is 4.50. The molecule has 13 heavy (non-hydrogen) atoms. The molecule has 3 rings (SSSR count). The highest BCUT2D eigenvalue weighted by Gasteiger charge is 2.41. The zero-order chi connectivity index (χ0) is 9.00. The molecule has 1 aliphatic heterocycles. The Bertz CT molecular complexity index is 404. The highest BCUT2D eigenvalue weighted by Crippen LogP contribution is 2.48. The Morgan fingerprint density at radius 1 is 1.31 bits per heavy atom. The van der Waals surface area contributed by atoms with Crippen LogP contribution >= 0.6 is 0 Å². The molecule has 0 aromatic heterocycles. The molecule has 1 aliphatic carbocycles. The number of benzene rings is 1. The van der Waals surface area contributed by atoms with Gasteiger partial charge in [-0.1, -0.05) is 17.7 Å². The Kier molecular flexibility index (Phi) is 1.25. The van der Waals surface area contributed by atoms with Crippen molar-refractivity contribution in [1.82, 2.24) is 0 Å². The molecule has 1 saturated carbocycles. The lowest BCUT2D eigenvalue weighted by molar-refractivity contribution is 0.961. The predicted octanol–water partition coefficient (Wildman–Crippen LogP) is 2.59. The van der Waals surface area contributed by atoms with E-state index in [1.165, 1.54) is 23.1 Å². The summed E-state index contributed by atoms with van der Waals surface area (Å²) in [6.45, 7) is 4.38. The van der Waals surface area contributed by atoms with Crippen molar-refractivity contribution in [2.45, 2.75) is 32.2 Å². The van der Waals surface area contributed by atoms with Crippen LogP contribution < -0.4 is 0 Å². The van der Waals surface area contributed by atoms with Gasteiger partial charge in [0.2, 0.25) is 0 Å². The van der Waals surface area contributed by atoms with Crippen molar-refractivity contribution < 1.29 is 0 Å². The number of aliphatic imine (C=N–C) groups is 1. The minimum Gasteiger partial charge on any atom is -0.289 e. The molecule has 1 nitrogen and oxygen atoms in total. The average Bonchev–Trinajstić information content (AvgIpc) is 2.80. The molecule has 2 unspecified atom stereocenters. The number of hydrogen-bond donors (Lipinski definition) is 0. The van der Waals surface area contributed by atoms with Gasteiger partial charge in [-0.05, 0) is 37.0 Å². The second-order valence-electron chi connectivity index (χ2n) is 4.27. The SMILES string of the molecule is Cc1cc(C)c2c(c1)C=NC1CC21. The van der Waals surface area contributed by atoms with Crippen molar-refractivity contribution in [3.8, 4) is 0 Å². The zero-order valence-corrected chi connectivity index (χ0v) is 8.04. The van der Waals surface area contributed by atoms with Crippen LogP contribution in [0.5, 0.6) is 0 Å². The van der Waals surface area contributed by atoms with E-state index in [0.29, 0.717) is 6.04 Å². The van der Waals surface area contributed by atoms with Crippen LogP contribution in [0.3, 0.4) is 0 Å². The van der Waals surface area contributed by atoms with E-state index in [1.807, 2.05) is 0 Å². The lowest BCUT2D eigenvalue weighted by atomic mass is 9.94. The molecule has 1 fully saturated rings. The molecule has 66 valence electrons. The maximum Gasteiger partial charge on any atom is 0.0576 e. The third-order valence-electron chi connectivity index (χ3n) is 3.10. The first-order valence-electron chi connectivity index (χ1n) is 4.90. The van der Waals surface area contributed by atoms with Crippen LogP contribution in [-0.4, -0.2) is 12.3 Å². The standard InChI is InChI=1S/C12H13N/c1-7-3-8(2)12-9(4-7)6-13-11-5-10(11)12/h3-4,6,10-11H,5H2,1-2H3. The Morgan fingerprint density at radius 3 is 3.00 bits per heavy atom. The number of hydrogen-bond acceptors (Lipinski definition) is 1. The van der Waals surface area contributed by atoms with Gasteiger partial charge in [0.25, 0.3) is 0 Å². The van der Waals surface area contributed by atoms with Crippen LogP contribution in [0.2, 0.25) is 0 Å². The first kappa shape index (κ1) is 7.31. The van der Waals surface area contributed by atoms with E-state index in [9.17, 15) is 0 Å². The molecule has 1 aromatic carbocycles. The summed E-state index contributed by atoms with van der Waals surface area (Å²) >= 11 is 0. The summed E-state index contributed by atoms with van der Waals surface area (Å²) in [4.78, 5) is 4.50. The predicted molar refractivity (Wildman–Crippen MR) is 54.7 cm³/mol. The van der Waals surface area contributed by atoms with E-state index in [2.05, 4.69) is 37.2 Å². The molecule has 1 heteroatoms. The van der Waals surface area contributed by atoms with Crippen molar-refractivity contribution in [1.29, 1.82) is 0 Å². The number of fused-ring (bicyclic) bond motifs is 3. The van der Waals surface area contributed by atoms with Gasteiger partial charge < -0.3 is 0 Å². The van der Waals surface area contributed by atoms with Crippen molar-refractivity contribution >= 4 is 6.21 Å². The molecule has 0 amide bonds. The lowest BCUT2D eigenvalue weighted by Gasteiger charge is -2.13. The second-order valence-corrected chi connectivity index (χ2v) is 4.27. The van der Waals surface area contributed by atoms with E-state index in [0.717, 1.165) is 5.92 Å². The van der Waals surface area contributed by atoms with Gasteiger partial charge >= 0.3 is 0 Å². The van der Waals surface area contributed by atoms with Crippen molar-refractivity contribution in [2.24, 2.45) is 4.99 Å². The van der Waals surface area contributed by atoms with Gasteiger partial charge in [-0.15, -0.1) is 0 Å². The maximum atomic E-state index is 4.50.